The van der Waals surface area contributed by atoms with Gasteiger partial charge in [-0.3, -0.25) is 4.79 Å². The van der Waals surface area contributed by atoms with Crippen LogP contribution < -0.4 is 11.1 Å². The summed E-state index contributed by atoms with van der Waals surface area (Å²) in [7, 11) is 0. The largest absolute Gasteiger partial charge is 0.330 e. The Hall–Kier alpha value is -2.13. The molecule has 2 aromatic carbocycles. The number of benzene rings is 2. The van der Waals surface area contributed by atoms with E-state index in [0.717, 1.165) is 29.7 Å². The molecular weight excluding hydrogens is 248 g/mol. The molecule has 2 rings (SSSR count). The highest BCUT2D eigenvalue weighted by atomic mass is 16.1. The highest BCUT2D eigenvalue weighted by molar-refractivity contribution is 5.95. The van der Waals surface area contributed by atoms with Crippen molar-refractivity contribution in [1.29, 1.82) is 0 Å². The Kier molecular flexibility index (Phi) is 5.33. The van der Waals surface area contributed by atoms with E-state index in [9.17, 15) is 4.79 Å². The first kappa shape index (κ1) is 14.3. The van der Waals surface area contributed by atoms with Gasteiger partial charge >= 0.3 is 0 Å². The van der Waals surface area contributed by atoms with Crippen molar-refractivity contribution in [1.82, 2.24) is 0 Å². The summed E-state index contributed by atoms with van der Waals surface area (Å²) in [5.41, 5.74) is 8.44. The second-order valence-electron chi connectivity index (χ2n) is 4.71. The molecular formula is C17H20N2O. The van der Waals surface area contributed by atoms with Gasteiger partial charge in [-0.2, -0.15) is 0 Å². The van der Waals surface area contributed by atoms with Crippen LogP contribution in [0.15, 0.2) is 54.6 Å². The molecule has 0 aliphatic rings. The van der Waals surface area contributed by atoms with E-state index in [1.165, 1.54) is 0 Å². The van der Waals surface area contributed by atoms with Gasteiger partial charge in [-0.15, -0.1) is 0 Å². The molecule has 0 saturated heterocycles. The van der Waals surface area contributed by atoms with Crippen molar-refractivity contribution in [2.45, 2.75) is 19.3 Å². The fourth-order valence-electron chi connectivity index (χ4n) is 2.10. The van der Waals surface area contributed by atoms with Gasteiger partial charge in [0.25, 0.3) is 0 Å². The van der Waals surface area contributed by atoms with Gasteiger partial charge in [0.05, 0.1) is 0 Å². The number of carbonyl (C=O) groups is 1. The van der Waals surface area contributed by atoms with E-state index in [-0.39, 0.29) is 5.91 Å². The van der Waals surface area contributed by atoms with E-state index >= 15 is 0 Å². The zero-order valence-corrected chi connectivity index (χ0v) is 11.5. The monoisotopic (exact) mass is 268 g/mol. The van der Waals surface area contributed by atoms with Crippen molar-refractivity contribution in [3.05, 3.63) is 54.6 Å². The van der Waals surface area contributed by atoms with Gasteiger partial charge in [0.1, 0.15) is 0 Å². The fraction of sp³-hybridized carbons (Fsp3) is 0.235. The molecule has 0 spiro atoms. The number of hydrogen-bond donors (Lipinski definition) is 2. The van der Waals surface area contributed by atoms with Crippen LogP contribution in [0.1, 0.15) is 19.3 Å². The lowest BCUT2D eigenvalue weighted by Crippen LogP contribution is -2.12. The number of nitrogens with one attached hydrogen (secondary N) is 1. The van der Waals surface area contributed by atoms with Gasteiger partial charge in [-0.25, -0.2) is 0 Å². The number of unbranched alkanes of at least 4 members (excludes halogenated alkanes) is 1. The summed E-state index contributed by atoms with van der Waals surface area (Å²) in [6.45, 7) is 0.633. The van der Waals surface area contributed by atoms with E-state index in [2.05, 4.69) is 5.32 Å². The molecule has 1 amide bonds. The minimum atomic E-state index is 0.0434. The van der Waals surface area contributed by atoms with Crippen molar-refractivity contribution < 1.29 is 4.79 Å². The van der Waals surface area contributed by atoms with Crippen LogP contribution in [0, 0.1) is 0 Å². The third kappa shape index (κ3) is 3.93. The number of carbonyl (C=O) groups excluding carboxylic acids is 1. The van der Waals surface area contributed by atoms with Gasteiger partial charge in [-0.05, 0) is 31.0 Å². The molecule has 0 aliphatic carbocycles. The average Bonchev–Trinajstić information content (AvgIpc) is 2.49. The third-order valence-corrected chi connectivity index (χ3v) is 3.14. The molecule has 20 heavy (non-hydrogen) atoms. The Morgan fingerprint density at radius 1 is 0.950 bits per heavy atom. The number of hydrogen-bond acceptors (Lipinski definition) is 2. The molecule has 0 radical (unpaired) electrons. The standard InChI is InChI=1S/C17H20N2O/c18-13-7-6-12-17(20)19-16-11-5-4-10-15(16)14-8-2-1-3-9-14/h1-5,8-11H,6-7,12-13,18H2,(H,19,20). The first-order chi connectivity index (χ1) is 9.81. The molecule has 0 atom stereocenters. The molecule has 2 aromatic rings. The van der Waals surface area contributed by atoms with Crippen LogP contribution in [0.25, 0.3) is 11.1 Å². The molecule has 0 bridgehead atoms. The number of para-hydroxylation sites is 1. The minimum absolute atomic E-state index is 0.0434. The minimum Gasteiger partial charge on any atom is -0.330 e. The second-order valence-corrected chi connectivity index (χ2v) is 4.71. The van der Waals surface area contributed by atoms with Crippen molar-refractivity contribution in [3.8, 4) is 11.1 Å². The maximum Gasteiger partial charge on any atom is 0.224 e. The Bertz CT molecular complexity index is 552. The topological polar surface area (TPSA) is 55.1 Å². The lowest BCUT2D eigenvalue weighted by Gasteiger charge is -2.11. The van der Waals surface area contributed by atoms with E-state index in [1.807, 2.05) is 54.6 Å². The van der Waals surface area contributed by atoms with Crippen molar-refractivity contribution in [2.75, 3.05) is 11.9 Å². The molecule has 0 fully saturated rings. The Morgan fingerprint density at radius 3 is 2.40 bits per heavy atom. The maximum absolute atomic E-state index is 11.9. The summed E-state index contributed by atoms with van der Waals surface area (Å²) in [6, 6.07) is 17.9. The lowest BCUT2D eigenvalue weighted by atomic mass is 10.0. The Balaban J connectivity index is 2.11. The van der Waals surface area contributed by atoms with Crippen molar-refractivity contribution >= 4 is 11.6 Å². The average molecular weight is 268 g/mol. The summed E-state index contributed by atoms with van der Waals surface area (Å²) in [4.78, 5) is 11.9. The number of rotatable bonds is 6. The first-order valence-electron chi connectivity index (χ1n) is 6.95. The van der Waals surface area contributed by atoms with E-state index < -0.39 is 0 Å². The summed E-state index contributed by atoms with van der Waals surface area (Å²) in [6.07, 6.45) is 2.23. The molecule has 0 aliphatic heterocycles. The summed E-state index contributed by atoms with van der Waals surface area (Å²) >= 11 is 0. The van der Waals surface area contributed by atoms with E-state index in [4.69, 9.17) is 5.73 Å². The zero-order chi connectivity index (χ0) is 14.2. The normalized spacial score (nSPS) is 10.2. The Labute approximate surface area is 119 Å². The lowest BCUT2D eigenvalue weighted by molar-refractivity contribution is -0.116. The number of anilines is 1. The molecule has 3 nitrogen and oxygen atoms in total. The molecule has 0 unspecified atom stereocenters. The second kappa shape index (κ2) is 7.46. The van der Waals surface area contributed by atoms with Gasteiger partial charge in [0, 0.05) is 17.7 Å². The van der Waals surface area contributed by atoms with E-state index in [1.54, 1.807) is 0 Å². The third-order valence-electron chi connectivity index (χ3n) is 3.14. The quantitative estimate of drug-likeness (QED) is 0.789. The van der Waals surface area contributed by atoms with Crippen molar-refractivity contribution in [3.63, 3.8) is 0 Å². The van der Waals surface area contributed by atoms with Crippen LogP contribution in [0.3, 0.4) is 0 Å². The van der Waals surface area contributed by atoms with Crippen LogP contribution in [0.5, 0.6) is 0 Å². The summed E-state index contributed by atoms with van der Waals surface area (Å²) in [5.74, 6) is 0.0434. The first-order valence-corrected chi connectivity index (χ1v) is 6.95. The van der Waals surface area contributed by atoms with Gasteiger partial charge in [0.2, 0.25) is 5.91 Å². The van der Waals surface area contributed by atoms with Crippen LogP contribution in [0.4, 0.5) is 5.69 Å². The molecule has 104 valence electrons. The van der Waals surface area contributed by atoms with Crippen molar-refractivity contribution in [2.24, 2.45) is 5.73 Å². The Morgan fingerprint density at radius 2 is 1.65 bits per heavy atom. The number of nitrogens with two attached hydrogens (primary N) is 1. The fourth-order valence-corrected chi connectivity index (χ4v) is 2.10. The molecule has 3 heteroatoms. The summed E-state index contributed by atoms with van der Waals surface area (Å²) in [5, 5.41) is 2.99. The van der Waals surface area contributed by atoms with Crippen LogP contribution in [-0.2, 0) is 4.79 Å². The van der Waals surface area contributed by atoms with Gasteiger partial charge < -0.3 is 11.1 Å². The predicted molar refractivity (Wildman–Crippen MR) is 83.4 cm³/mol. The van der Waals surface area contributed by atoms with E-state index in [0.29, 0.717) is 13.0 Å². The predicted octanol–water partition coefficient (Wildman–Crippen LogP) is 3.42. The SMILES string of the molecule is NCCCCC(=O)Nc1ccccc1-c1ccccc1. The maximum atomic E-state index is 11.9. The summed E-state index contributed by atoms with van der Waals surface area (Å²) < 4.78 is 0. The molecule has 0 saturated carbocycles. The van der Waals surface area contributed by atoms with Gasteiger partial charge in [-0.1, -0.05) is 48.5 Å². The molecule has 3 N–H and O–H groups in total. The zero-order valence-electron chi connectivity index (χ0n) is 11.5. The molecule has 0 heterocycles. The van der Waals surface area contributed by atoms with Crippen LogP contribution in [0.2, 0.25) is 0 Å². The highest BCUT2D eigenvalue weighted by Crippen LogP contribution is 2.27. The van der Waals surface area contributed by atoms with Crippen LogP contribution >= 0.6 is 0 Å². The smallest absolute Gasteiger partial charge is 0.224 e. The van der Waals surface area contributed by atoms with Gasteiger partial charge in [0.15, 0.2) is 0 Å². The highest BCUT2D eigenvalue weighted by Gasteiger charge is 2.07. The molecule has 0 aromatic heterocycles. The van der Waals surface area contributed by atoms with Crippen LogP contribution in [-0.4, -0.2) is 12.5 Å². The number of amides is 1.